The molecule has 2 nitrogen and oxygen atoms in total. The topological polar surface area (TPSA) is 6.48 Å². The van der Waals surface area contributed by atoms with Crippen LogP contribution in [0.15, 0.2) is 120 Å². The summed E-state index contributed by atoms with van der Waals surface area (Å²) >= 11 is 3.84. The Hall–Kier alpha value is -3.82. The van der Waals surface area contributed by atoms with E-state index in [9.17, 15) is 0 Å². The first-order valence-corrected chi connectivity index (χ1v) is 13.3. The summed E-state index contributed by atoms with van der Waals surface area (Å²) < 4.78 is 1.02. The lowest BCUT2D eigenvalue weighted by molar-refractivity contribution is 1.23. The molecule has 184 valence electrons. The van der Waals surface area contributed by atoms with Crippen LogP contribution in [0.1, 0.15) is 22.3 Å². The Balaban J connectivity index is 1.73. The number of hydrogen-bond acceptors (Lipinski definition) is 2. The molecule has 0 unspecified atom stereocenters. The molecule has 0 heterocycles. The van der Waals surface area contributed by atoms with Crippen LogP contribution >= 0.6 is 15.9 Å². The van der Waals surface area contributed by atoms with E-state index in [0.29, 0.717) is 0 Å². The van der Waals surface area contributed by atoms with E-state index in [-0.39, 0.29) is 0 Å². The van der Waals surface area contributed by atoms with E-state index in [2.05, 4.69) is 169 Å². The zero-order valence-electron chi connectivity index (χ0n) is 21.7. The molecule has 0 aliphatic rings. The van der Waals surface area contributed by atoms with Crippen LogP contribution in [-0.2, 0) is 0 Å². The van der Waals surface area contributed by atoms with Crippen LogP contribution in [0.2, 0.25) is 0 Å². The van der Waals surface area contributed by atoms with Crippen molar-refractivity contribution >= 4 is 50.1 Å². The third-order valence-corrected chi connectivity index (χ3v) is 6.88. The molecule has 0 aliphatic carbocycles. The number of hydrogen-bond donors (Lipinski definition) is 0. The first kappa shape index (κ1) is 24.9. The average molecular weight is 548 g/mol. The number of aryl methyl sites for hydroxylation is 4. The van der Waals surface area contributed by atoms with E-state index in [4.69, 9.17) is 0 Å². The first-order valence-electron chi connectivity index (χ1n) is 12.5. The van der Waals surface area contributed by atoms with Gasteiger partial charge in [0.2, 0.25) is 0 Å². The normalized spacial score (nSPS) is 10.8. The molecule has 0 N–H and O–H groups in total. The summed E-state index contributed by atoms with van der Waals surface area (Å²) in [5.41, 5.74) is 11.6. The minimum atomic E-state index is 1.02. The largest absolute Gasteiger partial charge is 0.310 e. The summed E-state index contributed by atoms with van der Waals surface area (Å²) in [6, 6.07) is 41.4. The van der Waals surface area contributed by atoms with Crippen molar-refractivity contribution in [1.29, 1.82) is 0 Å². The second-order valence-electron chi connectivity index (χ2n) is 9.69. The maximum atomic E-state index is 3.84. The molecule has 0 aliphatic heterocycles. The maximum absolute atomic E-state index is 3.84. The van der Waals surface area contributed by atoms with Crippen LogP contribution < -0.4 is 9.80 Å². The molecule has 0 fully saturated rings. The minimum absolute atomic E-state index is 1.02. The zero-order chi connectivity index (χ0) is 25.9. The molecule has 5 rings (SSSR count). The quantitative estimate of drug-likeness (QED) is 0.209. The molecule has 0 aromatic heterocycles. The van der Waals surface area contributed by atoms with Crippen molar-refractivity contribution in [2.45, 2.75) is 27.7 Å². The highest BCUT2D eigenvalue weighted by Crippen LogP contribution is 2.42. The Morgan fingerprint density at radius 1 is 0.378 bits per heavy atom. The van der Waals surface area contributed by atoms with Gasteiger partial charge in [-0.2, -0.15) is 0 Å². The van der Waals surface area contributed by atoms with Crippen molar-refractivity contribution in [3.8, 4) is 0 Å². The van der Waals surface area contributed by atoms with E-state index in [1.54, 1.807) is 0 Å². The summed E-state index contributed by atoms with van der Waals surface area (Å²) in [5, 5.41) is 0. The third-order valence-electron chi connectivity index (χ3n) is 6.42. The number of halogens is 1. The molecular weight excluding hydrogens is 516 g/mol. The molecule has 5 aromatic carbocycles. The van der Waals surface area contributed by atoms with E-state index < -0.39 is 0 Å². The third kappa shape index (κ3) is 5.63. The second-order valence-corrected chi connectivity index (χ2v) is 10.6. The Labute approximate surface area is 229 Å². The van der Waals surface area contributed by atoms with Gasteiger partial charge < -0.3 is 9.80 Å². The van der Waals surface area contributed by atoms with Gasteiger partial charge in [-0.3, -0.25) is 0 Å². The van der Waals surface area contributed by atoms with Gasteiger partial charge in [0.15, 0.2) is 0 Å². The average Bonchev–Trinajstić information content (AvgIpc) is 2.84. The SMILES string of the molecule is Cc1cccc(N(c2cccc(C)c2)c2cc(Br)cc(N(c3cccc(C)c3)c3cccc(C)c3)c2)c1. The fraction of sp³-hybridized carbons (Fsp3) is 0.118. The molecule has 37 heavy (non-hydrogen) atoms. The van der Waals surface area contributed by atoms with Gasteiger partial charge in [0.05, 0.1) is 0 Å². The monoisotopic (exact) mass is 546 g/mol. The van der Waals surface area contributed by atoms with Gasteiger partial charge in [-0.1, -0.05) is 64.5 Å². The molecule has 3 heteroatoms. The molecule has 0 amide bonds. The lowest BCUT2D eigenvalue weighted by atomic mass is 10.1. The smallest absolute Gasteiger partial charge is 0.0493 e. The fourth-order valence-electron chi connectivity index (χ4n) is 4.78. The lowest BCUT2D eigenvalue weighted by Crippen LogP contribution is -2.14. The zero-order valence-corrected chi connectivity index (χ0v) is 23.3. The molecular formula is C34H31BrN2. The molecule has 0 saturated heterocycles. The molecule has 0 saturated carbocycles. The highest BCUT2D eigenvalue weighted by molar-refractivity contribution is 9.10. The van der Waals surface area contributed by atoms with E-state index in [1.807, 2.05) is 0 Å². The van der Waals surface area contributed by atoms with Crippen molar-refractivity contribution in [1.82, 2.24) is 0 Å². The van der Waals surface area contributed by atoms with Crippen LogP contribution in [0.25, 0.3) is 0 Å². The molecule has 0 bridgehead atoms. The number of nitrogens with zero attached hydrogens (tertiary/aromatic N) is 2. The van der Waals surface area contributed by atoms with Gasteiger partial charge in [-0.05, 0) is 117 Å². The Kier molecular flexibility index (Phi) is 7.16. The Bertz CT molecular complexity index is 1350. The molecule has 0 atom stereocenters. The summed E-state index contributed by atoms with van der Waals surface area (Å²) in [6.45, 7) is 8.56. The van der Waals surface area contributed by atoms with Crippen LogP contribution in [0.3, 0.4) is 0 Å². The predicted molar refractivity (Wildman–Crippen MR) is 162 cm³/mol. The number of benzene rings is 5. The van der Waals surface area contributed by atoms with Crippen molar-refractivity contribution in [3.05, 3.63) is 142 Å². The molecule has 0 spiro atoms. The van der Waals surface area contributed by atoms with Crippen molar-refractivity contribution in [2.75, 3.05) is 9.80 Å². The van der Waals surface area contributed by atoms with Crippen LogP contribution in [-0.4, -0.2) is 0 Å². The van der Waals surface area contributed by atoms with E-state index >= 15 is 0 Å². The minimum Gasteiger partial charge on any atom is -0.310 e. The van der Waals surface area contributed by atoms with Crippen molar-refractivity contribution in [2.24, 2.45) is 0 Å². The van der Waals surface area contributed by atoms with Crippen LogP contribution in [0.4, 0.5) is 34.1 Å². The van der Waals surface area contributed by atoms with Gasteiger partial charge in [0.25, 0.3) is 0 Å². The van der Waals surface area contributed by atoms with Crippen LogP contribution in [0.5, 0.6) is 0 Å². The summed E-state index contributed by atoms with van der Waals surface area (Å²) in [6.07, 6.45) is 0. The molecule has 5 aromatic rings. The summed E-state index contributed by atoms with van der Waals surface area (Å²) in [7, 11) is 0. The highest BCUT2D eigenvalue weighted by Gasteiger charge is 2.19. The lowest BCUT2D eigenvalue weighted by Gasteiger charge is -2.30. The summed E-state index contributed by atoms with van der Waals surface area (Å²) in [5.74, 6) is 0. The van der Waals surface area contributed by atoms with Gasteiger partial charge in [-0.15, -0.1) is 0 Å². The van der Waals surface area contributed by atoms with Gasteiger partial charge in [0, 0.05) is 38.6 Å². The van der Waals surface area contributed by atoms with Crippen molar-refractivity contribution in [3.63, 3.8) is 0 Å². The fourth-order valence-corrected chi connectivity index (χ4v) is 5.25. The summed E-state index contributed by atoms with van der Waals surface area (Å²) in [4.78, 5) is 4.66. The Morgan fingerprint density at radius 3 is 0.946 bits per heavy atom. The number of rotatable bonds is 6. The standard InChI is InChI=1S/C34H31BrN2/c1-24-9-5-13-29(17-24)36(30-14-6-10-25(2)18-30)33-21-28(35)22-34(23-33)37(31-15-7-11-26(3)19-31)32-16-8-12-27(4)20-32/h5-23H,1-4H3. The van der Waals surface area contributed by atoms with E-state index in [1.165, 1.54) is 22.3 Å². The van der Waals surface area contributed by atoms with E-state index in [0.717, 1.165) is 38.6 Å². The maximum Gasteiger partial charge on any atom is 0.0493 e. The second kappa shape index (κ2) is 10.7. The number of anilines is 6. The molecule has 0 radical (unpaired) electrons. The van der Waals surface area contributed by atoms with Gasteiger partial charge >= 0.3 is 0 Å². The Morgan fingerprint density at radius 2 is 0.676 bits per heavy atom. The van der Waals surface area contributed by atoms with Crippen LogP contribution in [0, 0.1) is 27.7 Å². The van der Waals surface area contributed by atoms with Gasteiger partial charge in [0.1, 0.15) is 0 Å². The highest BCUT2D eigenvalue weighted by atomic mass is 79.9. The predicted octanol–water partition coefficient (Wildman–Crippen LogP) is 10.6. The van der Waals surface area contributed by atoms with Gasteiger partial charge in [-0.25, -0.2) is 0 Å². The van der Waals surface area contributed by atoms with Crippen molar-refractivity contribution < 1.29 is 0 Å². The first-order chi connectivity index (χ1) is 17.9.